The fourth-order valence-electron chi connectivity index (χ4n) is 3.74. The summed E-state index contributed by atoms with van der Waals surface area (Å²) in [5, 5.41) is 12.3. The molecule has 0 saturated carbocycles. The first-order chi connectivity index (χ1) is 15.8. The van der Waals surface area contributed by atoms with E-state index in [2.05, 4.69) is 4.98 Å². The summed E-state index contributed by atoms with van der Waals surface area (Å²) < 4.78 is 14.4. The molecular formula is C24H13Cl2FN2O3S. The van der Waals surface area contributed by atoms with Crippen LogP contribution in [0.3, 0.4) is 0 Å². The molecule has 9 heteroatoms. The van der Waals surface area contributed by atoms with Gasteiger partial charge in [-0.3, -0.25) is 14.5 Å². The Balaban J connectivity index is 1.73. The first-order valence-corrected chi connectivity index (χ1v) is 11.3. The van der Waals surface area contributed by atoms with Gasteiger partial charge in [-0.1, -0.05) is 46.7 Å². The molecule has 1 aliphatic rings. The zero-order valence-corrected chi connectivity index (χ0v) is 19.0. The number of thiazole rings is 1. The van der Waals surface area contributed by atoms with E-state index in [0.29, 0.717) is 26.7 Å². The molecule has 1 unspecified atom stereocenters. The van der Waals surface area contributed by atoms with Gasteiger partial charge in [0, 0.05) is 15.6 Å². The molecule has 3 aromatic carbocycles. The molecule has 1 amide bonds. The number of benzene rings is 3. The number of ketones is 1. The van der Waals surface area contributed by atoms with E-state index in [0.717, 1.165) is 4.70 Å². The average molecular weight is 499 g/mol. The van der Waals surface area contributed by atoms with E-state index in [9.17, 15) is 19.1 Å². The molecular weight excluding hydrogens is 486 g/mol. The van der Waals surface area contributed by atoms with Crippen LogP contribution in [-0.4, -0.2) is 21.8 Å². The normalized spacial score (nSPS) is 17.8. The lowest BCUT2D eigenvalue weighted by Gasteiger charge is -2.23. The van der Waals surface area contributed by atoms with Gasteiger partial charge >= 0.3 is 5.91 Å². The second-order valence-electron chi connectivity index (χ2n) is 7.34. The second-order valence-corrected chi connectivity index (χ2v) is 9.22. The number of aliphatic hydroxyl groups is 1. The lowest BCUT2D eigenvalue weighted by atomic mass is 9.95. The maximum Gasteiger partial charge on any atom is 0.301 e. The van der Waals surface area contributed by atoms with Crippen LogP contribution in [0.2, 0.25) is 10.0 Å². The number of hydrogen-bond donors (Lipinski definition) is 1. The molecule has 1 N–H and O–H groups in total. The average Bonchev–Trinajstić information content (AvgIpc) is 3.32. The van der Waals surface area contributed by atoms with Gasteiger partial charge in [-0.2, -0.15) is 0 Å². The minimum atomic E-state index is -1.00. The van der Waals surface area contributed by atoms with Crippen molar-refractivity contribution < 1.29 is 19.1 Å². The summed E-state index contributed by atoms with van der Waals surface area (Å²) >= 11 is 13.2. The largest absolute Gasteiger partial charge is 0.507 e. The summed E-state index contributed by atoms with van der Waals surface area (Å²) in [6, 6.07) is 15.7. The highest BCUT2D eigenvalue weighted by molar-refractivity contribution is 7.22. The molecule has 2 heterocycles. The smallest absolute Gasteiger partial charge is 0.301 e. The number of hydrogen-bond acceptors (Lipinski definition) is 5. The molecule has 0 radical (unpaired) electrons. The van der Waals surface area contributed by atoms with E-state index in [-0.39, 0.29) is 16.5 Å². The van der Waals surface area contributed by atoms with Crippen molar-refractivity contribution >= 4 is 67.3 Å². The zero-order valence-electron chi connectivity index (χ0n) is 16.6. The van der Waals surface area contributed by atoms with Crippen molar-refractivity contribution in [3.05, 3.63) is 99.3 Å². The predicted octanol–water partition coefficient (Wildman–Crippen LogP) is 6.37. The van der Waals surface area contributed by atoms with Gasteiger partial charge < -0.3 is 5.11 Å². The fourth-order valence-corrected chi connectivity index (χ4v) is 5.14. The highest BCUT2D eigenvalue weighted by atomic mass is 35.5. The highest BCUT2D eigenvalue weighted by Gasteiger charge is 2.48. The Labute approximate surface area is 201 Å². The van der Waals surface area contributed by atoms with Gasteiger partial charge in [0.1, 0.15) is 11.6 Å². The Hall–Kier alpha value is -3.26. The molecule has 0 spiro atoms. The number of aromatic nitrogens is 1. The van der Waals surface area contributed by atoms with Crippen molar-refractivity contribution in [2.24, 2.45) is 0 Å². The van der Waals surface area contributed by atoms with Gasteiger partial charge in [-0.05, 0) is 60.2 Å². The van der Waals surface area contributed by atoms with Crippen LogP contribution in [0, 0.1) is 5.82 Å². The number of fused-ring (bicyclic) bond motifs is 1. The van der Waals surface area contributed by atoms with E-state index < -0.39 is 23.5 Å². The van der Waals surface area contributed by atoms with E-state index in [1.54, 1.807) is 42.5 Å². The van der Waals surface area contributed by atoms with Crippen molar-refractivity contribution in [3.8, 4) is 0 Å². The van der Waals surface area contributed by atoms with Crippen molar-refractivity contribution in [3.63, 3.8) is 0 Å². The van der Waals surface area contributed by atoms with Crippen LogP contribution in [0.5, 0.6) is 0 Å². The summed E-state index contributed by atoms with van der Waals surface area (Å²) in [7, 11) is 0. The van der Waals surface area contributed by atoms with Crippen LogP contribution in [0.1, 0.15) is 17.2 Å². The molecule has 1 fully saturated rings. The number of halogens is 3. The number of rotatable bonds is 3. The van der Waals surface area contributed by atoms with Crippen molar-refractivity contribution in [2.45, 2.75) is 6.04 Å². The van der Waals surface area contributed by atoms with Gasteiger partial charge in [-0.15, -0.1) is 0 Å². The summed E-state index contributed by atoms with van der Waals surface area (Å²) in [5.74, 6) is -2.53. The molecule has 33 heavy (non-hydrogen) atoms. The van der Waals surface area contributed by atoms with Gasteiger partial charge in [0.2, 0.25) is 0 Å². The van der Waals surface area contributed by atoms with Gasteiger partial charge in [0.05, 0.1) is 21.8 Å². The Bertz CT molecular complexity index is 1450. The van der Waals surface area contributed by atoms with E-state index >= 15 is 0 Å². The number of Topliss-reactive ketones (excluding diaryl/α,β-unsaturated/α-hetero) is 1. The summed E-state index contributed by atoms with van der Waals surface area (Å²) in [4.78, 5) is 32.1. The summed E-state index contributed by atoms with van der Waals surface area (Å²) in [5.41, 5.74) is 1.26. The Kier molecular flexibility index (Phi) is 5.40. The minimum Gasteiger partial charge on any atom is -0.507 e. The molecule has 1 atom stereocenters. The number of anilines is 1. The van der Waals surface area contributed by atoms with Gasteiger partial charge in [0.25, 0.3) is 5.78 Å². The fraction of sp³-hybridized carbons (Fsp3) is 0.0417. The Morgan fingerprint density at radius 3 is 2.33 bits per heavy atom. The van der Waals surface area contributed by atoms with Crippen molar-refractivity contribution in [1.82, 2.24) is 4.98 Å². The number of amides is 1. The minimum absolute atomic E-state index is 0.119. The summed E-state index contributed by atoms with van der Waals surface area (Å²) in [6.07, 6.45) is 0. The maximum atomic E-state index is 13.6. The first-order valence-electron chi connectivity index (χ1n) is 9.72. The van der Waals surface area contributed by atoms with Gasteiger partial charge in [0.15, 0.2) is 5.13 Å². The SMILES string of the molecule is O=C1C(=O)N(c2nc3ccc(Cl)cc3s2)C(c2ccc(F)cc2)/C1=C(\O)c1ccc(Cl)cc1. The molecule has 164 valence electrons. The van der Waals surface area contributed by atoms with E-state index in [1.165, 1.54) is 40.5 Å². The monoisotopic (exact) mass is 498 g/mol. The third-order valence-corrected chi connectivity index (χ3v) is 6.80. The van der Waals surface area contributed by atoms with Crippen molar-refractivity contribution in [1.29, 1.82) is 0 Å². The van der Waals surface area contributed by atoms with Gasteiger partial charge in [-0.25, -0.2) is 9.37 Å². The number of carbonyl (C=O) groups excluding carboxylic acids is 2. The second kappa shape index (κ2) is 8.26. The highest BCUT2D eigenvalue weighted by Crippen LogP contribution is 2.44. The molecule has 5 rings (SSSR count). The number of aliphatic hydroxyl groups excluding tert-OH is 1. The summed E-state index contributed by atoms with van der Waals surface area (Å²) in [6.45, 7) is 0. The topological polar surface area (TPSA) is 70.5 Å². The zero-order chi connectivity index (χ0) is 23.3. The molecule has 1 aromatic heterocycles. The maximum absolute atomic E-state index is 13.6. The molecule has 0 aliphatic carbocycles. The van der Waals surface area contributed by atoms with Crippen LogP contribution >= 0.6 is 34.5 Å². The third-order valence-electron chi connectivity index (χ3n) is 5.29. The number of nitrogens with zero attached hydrogens (tertiary/aromatic N) is 2. The van der Waals surface area contributed by atoms with Crippen LogP contribution in [0.15, 0.2) is 72.3 Å². The van der Waals surface area contributed by atoms with Crippen molar-refractivity contribution in [2.75, 3.05) is 4.90 Å². The molecule has 1 saturated heterocycles. The van der Waals surface area contributed by atoms with E-state index in [1.807, 2.05) is 0 Å². The van der Waals surface area contributed by atoms with Crippen LogP contribution in [0.4, 0.5) is 9.52 Å². The van der Waals surface area contributed by atoms with Crippen LogP contribution in [-0.2, 0) is 9.59 Å². The Morgan fingerprint density at radius 1 is 0.970 bits per heavy atom. The molecule has 4 aromatic rings. The predicted molar refractivity (Wildman–Crippen MR) is 127 cm³/mol. The molecule has 5 nitrogen and oxygen atoms in total. The lowest BCUT2D eigenvalue weighted by Crippen LogP contribution is -2.29. The third kappa shape index (κ3) is 3.78. The standard InChI is InChI=1S/C24H13Cl2FN2O3S/c25-14-5-1-13(2-6-14)21(30)19-20(12-3-8-16(27)9-4-12)29(23(32)22(19)31)24-28-17-10-7-15(26)11-18(17)33-24/h1-11,20,30H/b21-19+. The molecule has 1 aliphatic heterocycles. The van der Waals surface area contributed by atoms with Crippen LogP contribution in [0.25, 0.3) is 16.0 Å². The molecule has 0 bridgehead atoms. The lowest BCUT2D eigenvalue weighted by molar-refractivity contribution is -0.132. The first kappa shape index (κ1) is 21.6. The van der Waals surface area contributed by atoms with Crippen LogP contribution < -0.4 is 4.90 Å². The quantitative estimate of drug-likeness (QED) is 0.202. The van der Waals surface area contributed by atoms with E-state index in [4.69, 9.17) is 23.2 Å². The Morgan fingerprint density at radius 2 is 1.64 bits per heavy atom. The number of carbonyl (C=O) groups is 2.